The van der Waals surface area contributed by atoms with Crippen LogP contribution in [0.4, 0.5) is 5.69 Å². The predicted octanol–water partition coefficient (Wildman–Crippen LogP) is 5.08. The highest BCUT2D eigenvalue weighted by atomic mass is 32.1. The fourth-order valence-corrected chi connectivity index (χ4v) is 3.53. The molecule has 0 fully saturated rings. The van der Waals surface area contributed by atoms with Gasteiger partial charge in [0.1, 0.15) is 10.7 Å². The molecule has 0 aliphatic heterocycles. The maximum atomic E-state index is 11.0. The minimum atomic E-state index is -0.403. The molecule has 4 aromatic rings. The Kier molecular flexibility index (Phi) is 4.06. The van der Waals surface area contributed by atoms with Gasteiger partial charge in [0, 0.05) is 34.3 Å². The summed E-state index contributed by atoms with van der Waals surface area (Å²) in [6, 6.07) is 16.4. The van der Waals surface area contributed by atoms with E-state index in [1.165, 1.54) is 23.5 Å². The number of aromatic nitrogens is 3. The smallest absolute Gasteiger partial charge is 0.270 e. The van der Waals surface area contributed by atoms with Crippen LogP contribution in [0, 0.1) is 17.0 Å². The van der Waals surface area contributed by atoms with E-state index in [0.717, 1.165) is 33.2 Å². The monoisotopic (exact) mass is 362 g/mol. The average Bonchev–Trinajstić information content (AvgIpc) is 3.29. The van der Waals surface area contributed by atoms with Crippen LogP contribution >= 0.6 is 11.3 Å². The first kappa shape index (κ1) is 16.2. The summed E-state index contributed by atoms with van der Waals surface area (Å²) in [5, 5.41) is 13.6. The van der Waals surface area contributed by atoms with E-state index < -0.39 is 4.92 Å². The Morgan fingerprint density at radius 1 is 1.04 bits per heavy atom. The molecule has 2 heterocycles. The van der Waals surface area contributed by atoms with Crippen LogP contribution < -0.4 is 0 Å². The number of non-ortho nitro benzene ring substituents is 1. The largest absolute Gasteiger partial charge is 0.340 e. The fraction of sp³-hybridized carbons (Fsp3) is 0.0526. The molecular formula is C19H14N4O2S. The Labute approximate surface area is 153 Å². The van der Waals surface area contributed by atoms with Gasteiger partial charge >= 0.3 is 0 Å². The summed E-state index contributed by atoms with van der Waals surface area (Å²) in [6.45, 7) is 1.98. The highest BCUT2D eigenvalue weighted by Gasteiger charge is 2.15. The van der Waals surface area contributed by atoms with Crippen molar-refractivity contribution < 1.29 is 4.92 Å². The molecule has 0 saturated carbocycles. The molecule has 0 saturated heterocycles. The van der Waals surface area contributed by atoms with Crippen molar-refractivity contribution in [2.45, 2.75) is 6.92 Å². The number of nitrogens with one attached hydrogen (secondary N) is 1. The third-order valence-corrected chi connectivity index (χ3v) is 4.87. The number of nitrogens with zero attached hydrogens (tertiary/aromatic N) is 3. The van der Waals surface area contributed by atoms with Crippen molar-refractivity contribution in [1.82, 2.24) is 15.0 Å². The second-order valence-electron chi connectivity index (χ2n) is 5.77. The third-order valence-electron chi connectivity index (χ3n) is 3.98. The molecule has 7 heteroatoms. The Balaban J connectivity index is 1.69. The first-order valence-corrected chi connectivity index (χ1v) is 8.82. The molecule has 0 bridgehead atoms. The predicted molar refractivity (Wildman–Crippen MR) is 102 cm³/mol. The molecular weight excluding hydrogens is 348 g/mol. The number of nitro groups is 1. The van der Waals surface area contributed by atoms with Crippen LogP contribution in [0.2, 0.25) is 0 Å². The Bertz CT molecular complexity index is 1090. The van der Waals surface area contributed by atoms with Crippen LogP contribution in [0.15, 0.2) is 60.0 Å². The van der Waals surface area contributed by atoms with E-state index in [1.54, 1.807) is 6.07 Å². The van der Waals surface area contributed by atoms with E-state index in [-0.39, 0.29) is 5.69 Å². The number of nitro benzene ring substituents is 1. The first-order chi connectivity index (χ1) is 12.6. The van der Waals surface area contributed by atoms with Gasteiger partial charge in [-0.3, -0.25) is 10.1 Å². The average molecular weight is 362 g/mol. The standard InChI is InChI=1S/C19H14N4O2S/c1-12-17(13-6-3-2-4-7-13)22-18(20-12)16-11-26-19(21-16)14-8-5-9-15(10-14)23(24)25/h2-11H,1H3,(H,20,22). The first-order valence-electron chi connectivity index (χ1n) is 7.94. The van der Waals surface area contributed by atoms with E-state index in [2.05, 4.69) is 15.0 Å². The Hall–Kier alpha value is -3.32. The minimum Gasteiger partial charge on any atom is -0.340 e. The summed E-state index contributed by atoms with van der Waals surface area (Å²) >= 11 is 1.44. The molecule has 4 rings (SSSR count). The van der Waals surface area contributed by atoms with Gasteiger partial charge < -0.3 is 4.98 Å². The van der Waals surface area contributed by atoms with Crippen LogP contribution in [0.5, 0.6) is 0 Å². The van der Waals surface area contributed by atoms with E-state index in [0.29, 0.717) is 5.82 Å². The van der Waals surface area contributed by atoms with E-state index in [1.807, 2.05) is 48.7 Å². The minimum absolute atomic E-state index is 0.0551. The number of rotatable bonds is 4. The topological polar surface area (TPSA) is 84.7 Å². The third kappa shape index (κ3) is 3.00. The molecule has 2 aromatic heterocycles. The van der Waals surface area contributed by atoms with E-state index in [9.17, 15) is 10.1 Å². The zero-order chi connectivity index (χ0) is 18.1. The van der Waals surface area contributed by atoms with Gasteiger partial charge in [0.15, 0.2) is 5.82 Å². The lowest BCUT2D eigenvalue weighted by atomic mass is 10.1. The van der Waals surface area contributed by atoms with Crippen molar-refractivity contribution in [1.29, 1.82) is 0 Å². The fourth-order valence-electron chi connectivity index (χ4n) is 2.73. The van der Waals surface area contributed by atoms with Gasteiger partial charge in [-0.15, -0.1) is 11.3 Å². The molecule has 0 aliphatic carbocycles. The van der Waals surface area contributed by atoms with Crippen molar-refractivity contribution in [3.63, 3.8) is 0 Å². The zero-order valence-corrected chi connectivity index (χ0v) is 14.7. The summed E-state index contributed by atoms with van der Waals surface area (Å²) in [7, 11) is 0. The van der Waals surface area contributed by atoms with E-state index in [4.69, 9.17) is 0 Å². The number of imidazole rings is 1. The SMILES string of the molecule is Cc1[nH]c(-c2csc(-c3cccc([N+](=O)[O-])c3)n2)nc1-c1ccccc1. The Morgan fingerprint density at radius 2 is 1.81 bits per heavy atom. The molecule has 6 nitrogen and oxygen atoms in total. The second-order valence-corrected chi connectivity index (χ2v) is 6.63. The molecule has 0 radical (unpaired) electrons. The van der Waals surface area contributed by atoms with Crippen LogP contribution in [0.25, 0.3) is 33.3 Å². The summed E-state index contributed by atoms with van der Waals surface area (Å²) in [5.74, 6) is 0.689. The molecule has 0 spiro atoms. The molecule has 26 heavy (non-hydrogen) atoms. The van der Waals surface area contributed by atoms with Gasteiger partial charge in [-0.1, -0.05) is 42.5 Å². The molecule has 0 amide bonds. The van der Waals surface area contributed by atoms with Crippen LogP contribution in [0.3, 0.4) is 0 Å². The molecule has 0 unspecified atom stereocenters. The van der Waals surface area contributed by atoms with Gasteiger partial charge in [-0.05, 0) is 6.92 Å². The highest BCUT2D eigenvalue weighted by molar-refractivity contribution is 7.13. The van der Waals surface area contributed by atoms with Crippen molar-refractivity contribution in [2.24, 2.45) is 0 Å². The van der Waals surface area contributed by atoms with Gasteiger partial charge in [0.2, 0.25) is 0 Å². The Morgan fingerprint density at radius 3 is 2.58 bits per heavy atom. The molecule has 2 aromatic carbocycles. The molecule has 1 N–H and O–H groups in total. The van der Waals surface area contributed by atoms with Gasteiger partial charge in [0.05, 0.1) is 10.6 Å². The number of hydrogen-bond donors (Lipinski definition) is 1. The van der Waals surface area contributed by atoms with Gasteiger partial charge in [0.25, 0.3) is 5.69 Å². The quantitative estimate of drug-likeness (QED) is 0.405. The van der Waals surface area contributed by atoms with Gasteiger partial charge in [-0.25, -0.2) is 9.97 Å². The normalized spacial score (nSPS) is 10.8. The number of H-pyrrole nitrogens is 1. The summed E-state index contributed by atoms with van der Waals surface area (Å²) in [5.41, 5.74) is 4.41. The highest BCUT2D eigenvalue weighted by Crippen LogP contribution is 2.31. The second kappa shape index (κ2) is 6.53. The van der Waals surface area contributed by atoms with Crippen LogP contribution in [-0.2, 0) is 0 Å². The maximum Gasteiger partial charge on any atom is 0.270 e. The lowest BCUT2D eigenvalue weighted by Gasteiger charge is -1.96. The van der Waals surface area contributed by atoms with Crippen molar-refractivity contribution >= 4 is 17.0 Å². The number of hydrogen-bond acceptors (Lipinski definition) is 5. The van der Waals surface area contributed by atoms with Crippen LogP contribution in [-0.4, -0.2) is 19.9 Å². The number of benzene rings is 2. The summed E-state index contributed by atoms with van der Waals surface area (Å²) in [6.07, 6.45) is 0. The summed E-state index contributed by atoms with van der Waals surface area (Å²) in [4.78, 5) is 23.1. The molecule has 0 atom stereocenters. The number of thiazole rings is 1. The maximum absolute atomic E-state index is 11.0. The summed E-state index contributed by atoms with van der Waals surface area (Å²) < 4.78 is 0. The zero-order valence-electron chi connectivity index (χ0n) is 13.8. The lowest BCUT2D eigenvalue weighted by Crippen LogP contribution is -1.88. The molecule has 128 valence electrons. The van der Waals surface area contributed by atoms with E-state index >= 15 is 0 Å². The number of aromatic amines is 1. The van der Waals surface area contributed by atoms with Gasteiger partial charge in [-0.2, -0.15) is 0 Å². The lowest BCUT2D eigenvalue weighted by molar-refractivity contribution is -0.384. The van der Waals surface area contributed by atoms with Crippen molar-refractivity contribution in [3.05, 3.63) is 75.8 Å². The number of aryl methyl sites for hydroxylation is 1. The molecule has 0 aliphatic rings. The van der Waals surface area contributed by atoms with Crippen molar-refractivity contribution in [3.8, 4) is 33.3 Å². The van der Waals surface area contributed by atoms with Crippen LogP contribution in [0.1, 0.15) is 5.69 Å². The van der Waals surface area contributed by atoms with Crippen molar-refractivity contribution in [2.75, 3.05) is 0 Å².